The monoisotopic (exact) mass is 584 g/mol. The molecule has 0 amide bonds. The Morgan fingerprint density at radius 2 is 1.51 bits per heavy atom. The van der Waals surface area contributed by atoms with E-state index in [1.807, 2.05) is 19.9 Å². The zero-order valence-corrected chi connectivity index (χ0v) is 29.6. The van der Waals surface area contributed by atoms with Gasteiger partial charge in [-0.3, -0.25) is 0 Å². The molecule has 41 heavy (non-hydrogen) atoms. The average molecular weight is 585 g/mol. The van der Waals surface area contributed by atoms with Crippen molar-refractivity contribution in [2.45, 2.75) is 145 Å². The van der Waals surface area contributed by atoms with Gasteiger partial charge in [0.05, 0.1) is 23.9 Å². The lowest BCUT2D eigenvalue weighted by molar-refractivity contribution is -0.100. The van der Waals surface area contributed by atoms with Crippen molar-refractivity contribution in [3.05, 3.63) is 64.7 Å². The number of ether oxygens (including phenoxy) is 2. The highest BCUT2D eigenvalue weighted by atomic mass is 28.3. The van der Waals surface area contributed by atoms with Crippen molar-refractivity contribution in [3.63, 3.8) is 0 Å². The first-order valence-electron chi connectivity index (χ1n) is 15.6. The molecule has 0 aliphatic rings. The molecular weight excluding hydrogens is 524 g/mol. The van der Waals surface area contributed by atoms with E-state index in [0.717, 1.165) is 30.6 Å². The van der Waals surface area contributed by atoms with Gasteiger partial charge in [0.25, 0.3) is 0 Å². The van der Waals surface area contributed by atoms with Crippen LogP contribution in [0.5, 0.6) is 5.75 Å². The quantitative estimate of drug-likeness (QED) is 0.225. The van der Waals surface area contributed by atoms with E-state index in [4.69, 9.17) is 13.9 Å². The SMILES string of the molecule is CC(CCCC(C)(C)O)c1cccc(OCc2ccc(COC(C)(C)C(C)(C)C)c(C(O[SiH](C)C)C(C)(C)C)c2)c1. The molecule has 0 fully saturated rings. The molecule has 2 rings (SSSR count). The van der Waals surface area contributed by atoms with Gasteiger partial charge in [0, 0.05) is 0 Å². The number of aliphatic hydroxyl groups is 1. The van der Waals surface area contributed by atoms with Gasteiger partial charge >= 0.3 is 0 Å². The van der Waals surface area contributed by atoms with E-state index in [-0.39, 0.29) is 22.5 Å². The van der Waals surface area contributed by atoms with Crippen LogP contribution in [0.1, 0.15) is 130 Å². The fraction of sp³-hybridized carbons (Fsp3) is 0.667. The van der Waals surface area contributed by atoms with Gasteiger partial charge in [0.2, 0.25) is 0 Å². The van der Waals surface area contributed by atoms with E-state index in [9.17, 15) is 5.11 Å². The fourth-order valence-corrected chi connectivity index (χ4v) is 5.78. The number of hydrogen-bond donors (Lipinski definition) is 1. The van der Waals surface area contributed by atoms with Gasteiger partial charge < -0.3 is 19.0 Å². The molecule has 1 N–H and O–H groups in total. The lowest BCUT2D eigenvalue weighted by atomic mass is 9.79. The predicted molar refractivity (Wildman–Crippen MR) is 176 cm³/mol. The molecule has 0 saturated carbocycles. The molecule has 0 aliphatic heterocycles. The second kappa shape index (κ2) is 14.2. The molecule has 2 atom stereocenters. The summed E-state index contributed by atoms with van der Waals surface area (Å²) in [6, 6.07) is 15.1. The molecule has 4 nitrogen and oxygen atoms in total. The van der Waals surface area contributed by atoms with Crippen LogP contribution >= 0.6 is 0 Å². The van der Waals surface area contributed by atoms with Crippen molar-refractivity contribution < 1.29 is 19.0 Å². The Morgan fingerprint density at radius 3 is 2.07 bits per heavy atom. The van der Waals surface area contributed by atoms with E-state index < -0.39 is 14.6 Å². The van der Waals surface area contributed by atoms with Crippen molar-refractivity contribution in [1.82, 2.24) is 0 Å². The van der Waals surface area contributed by atoms with Crippen LogP contribution in [0.25, 0.3) is 0 Å². The summed E-state index contributed by atoms with van der Waals surface area (Å²) in [6.07, 6.45) is 2.83. The average Bonchev–Trinajstić information content (AvgIpc) is 2.83. The topological polar surface area (TPSA) is 47.9 Å². The molecule has 2 unspecified atom stereocenters. The highest BCUT2D eigenvalue weighted by Gasteiger charge is 2.35. The fourth-order valence-electron chi connectivity index (χ4n) is 4.69. The molecule has 2 aromatic carbocycles. The summed E-state index contributed by atoms with van der Waals surface area (Å²) in [5.41, 5.74) is 3.88. The zero-order chi connectivity index (χ0) is 31.2. The van der Waals surface area contributed by atoms with Crippen LogP contribution in [0.4, 0.5) is 0 Å². The maximum Gasteiger partial charge on any atom is 0.171 e. The third-order valence-electron chi connectivity index (χ3n) is 8.34. The Hall–Kier alpha value is -1.66. The van der Waals surface area contributed by atoms with Gasteiger partial charge in [-0.1, -0.05) is 79.2 Å². The highest BCUT2D eigenvalue weighted by Crippen LogP contribution is 2.40. The second-order valence-corrected chi connectivity index (χ2v) is 17.8. The van der Waals surface area contributed by atoms with Crippen LogP contribution in [0, 0.1) is 10.8 Å². The van der Waals surface area contributed by atoms with Gasteiger partial charge in [-0.15, -0.1) is 0 Å². The lowest BCUT2D eigenvalue weighted by Gasteiger charge is -2.39. The Kier molecular flexibility index (Phi) is 12.3. The first-order valence-corrected chi connectivity index (χ1v) is 18.3. The summed E-state index contributed by atoms with van der Waals surface area (Å²) in [5, 5.41) is 10.0. The third kappa shape index (κ3) is 11.5. The van der Waals surface area contributed by atoms with Gasteiger partial charge in [0.1, 0.15) is 12.4 Å². The van der Waals surface area contributed by atoms with Crippen molar-refractivity contribution in [2.24, 2.45) is 10.8 Å². The van der Waals surface area contributed by atoms with Crippen molar-refractivity contribution >= 4 is 9.04 Å². The smallest absolute Gasteiger partial charge is 0.171 e. The number of rotatable bonds is 14. The summed E-state index contributed by atoms with van der Waals surface area (Å²) in [4.78, 5) is 0. The third-order valence-corrected chi connectivity index (χ3v) is 9.16. The first-order chi connectivity index (χ1) is 18.7. The van der Waals surface area contributed by atoms with Crippen LogP contribution in [0.15, 0.2) is 42.5 Å². The van der Waals surface area contributed by atoms with Crippen LogP contribution < -0.4 is 4.74 Å². The van der Waals surface area contributed by atoms with Crippen LogP contribution in [-0.2, 0) is 22.4 Å². The summed E-state index contributed by atoms with van der Waals surface area (Å²) in [7, 11) is -1.30. The summed E-state index contributed by atoms with van der Waals surface area (Å²) in [6.45, 7) is 29.3. The Balaban J connectivity index is 2.28. The molecule has 0 bridgehead atoms. The summed E-state index contributed by atoms with van der Waals surface area (Å²) >= 11 is 0. The molecular formula is C36H60O4Si. The maximum atomic E-state index is 10.0. The Labute approximate surface area is 253 Å². The normalized spacial score (nSPS) is 14.8. The molecule has 5 heteroatoms. The standard InChI is InChI=1S/C36H60O4Si/c1-26(16-15-21-35(8,9)37)28-17-14-18-30(23-28)38-24-27-19-20-29(25-39-36(10,11)34(5,6)7)31(22-27)32(33(2,3)4)40-41(12)13/h14,17-20,22-23,26,32,37,41H,15-16,21,24-25H2,1-13H3. The summed E-state index contributed by atoms with van der Waals surface area (Å²) in [5.74, 6) is 1.30. The molecule has 232 valence electrons. The molecule has 2 aromatic rings. The van der Waals surface area contributed by atoms with E-state index >= 15 is 0 Å². The minimum atomic E-state index is -1.30. The predicted octanol–water partition coefficient (Wildman–Crippen LogP) is 9.74. The molecule has 0 spiro atoms. The molecule has 0 aliphatic carbocycles. The Bertz CT molecular complexity index is 1090. The minimum Gasteiger partial charge on any atom is -0.489 e. The number of hydrogen-bond acceptors (Lipinski definition) is 4. The maximum absolute atomic E-state index is 10.0. The van der Waals surface area contributed by atoms with E-state index in [0.29, 0.717) is 19.1 Å². The molecule has 0 saturated heterocycles. The zero-order valence-electron chi connectivity index (χ0n) is 28.5. The summed E-state index contributed by atoms with van der Waals surface area (Å²) < 4.78 is 19.6. The molecule has 0 radical (unpaired) electrons. The van der Waals surface area contributed by atoms with E-state index in [1.54, 1.807) is 0 Å². The van der Waals surface area contributed by atoms with Gasteiger partial charge in [-0.05, 0) is 111 Å². The van der Waals surface area contributed by atoms with Crippen molar-refractivity contribution in [2.75, 3.05) is 0 Å². The molecule has 0 aromatic heterocycles. The lowest BCUT2D eigenvalue weighted by Crippen LogP contribution is -2.39. The van der Waals surface area contributed by atoms with Crippen molar-refractivity contribution in [3.8, 4) is 5.75 Å². The van der Waals surface area contributed by atoms with Crippen LogP contribution in [0.3, 0.4) is 0 Å². The van der Waals surface area contributed by atoms with E-state index in [2.05, 4.69) is 112 Å². The number of benzene rings is 2. The van der Waals surface area contributed by atoms with Gasteiger partial charge in [-0.2, -0.15) is 0 Å². The highest BCUT2D eigenvalue weighted by molar-refractivity contribution is 6.48. The van der Waals surface area contributed by atoms with Crippen LogP contribution in [0.2, 0.25) is 13.1 Å². The first kappa shape index (κ1) is 35.5. The minimum absolute atomic E-state index is 0.0152. The molecule has 0 heterocycles. The van der Waals surface area contributed by atoms with Crippen molar-refractivity contribution in [1.29, 1.82) is 0 Å². The van der Waals surface area contributed by atoms with E-state index in [1.165, 1.54) is 16.7 Å². The Morgan fingerprint density at radius 1 is 0.854 bits per heavy atom. The second-order valence-electron chi connectivity index (χ2n) is 15.5. The van der Waals surface area contributed by atoms with Crippen LogP contribution in [-0.4, -0.2) is 25.3 Å². The largest absolute Gasteiger partial charge is 0.489 e. The van der Waals surface area contributed by atoms with Gasteiger partial charge in [0.15, 0.2) is 9.04 Å². The van der Waals surface area contributed by atoms with Gasteiger partial charge in [-0.25, -0.2) is 0 Å².